The van der Waals surface area contributed by atoms with Gasteiger partial charge in [0.1, 0.15) is 6.61 Å². The topological polar surface area (TPSA) is 72.8 Å². The Morgan fingerprint density at radius 3 is 2.60 bits per heavy atom. The summed E-state index contributed by atoms with van der Waals surface area (Å²) in [6.45, 7) is 9.63. The van der Waals surface area contributed by atoms with Crippen molar-refractivity contribution in [2.45, 2.75) is 66.4 Å². The van der Waals surface area contributed by atoms with Crippen molar-refractivity contribution < 1.29 is 24.2 Å². The molecule has 0 aromatic heterocycles. The minimum atomic E-state index is -0.805. The molecule has 1 fully saturated rings. The van der Waals surface area contributed by atoms with Crippen LogP contribution in [0, 0.1) is 22.7 Å². The Hall–Kier alpha value is -1.36. The summed E-state index contributed by atoms with van der Waals surface area (Å²) in [4.78, 5) is 23.9. The minimum absolute atomic E-state index is 0.108. The summed E-state index contributed by atoms with van der Waals surface area (Å²) in [6, 6.07) is 0. The summed E-state index contributed by atoms with van der Waals surface area (Å²) >= 11 is 0. The lowest BCUT2D eigenvalue weighted by Gasteiger charge is -2.55. The maximum absolute atomic E-state index is 12.9. The molecule has 2 aliphatic carbocycles. The number of carbonyl (C=O) groups excluding carboxylic acids is 2. The molecule has 0 aromatic rings. The molecule has 0 aliphatic heterocycles. The van der Waals surface area contributed by atoms with Crippen molar-refractivity contribution in [3.8, 4) is 0 Å². The van der Waals surface area contributed by atoms with Gasteiger partial charge in [0.05, 0.1) is 12.5 Å². The van der Waals surface area contributed by atoms with Gasteiger partial charge in [0.2, 0.25) is 0 Å². The number of hydrogen-bond acceptors (Lipinski definition) is 5. The maximum atomic E-state index is 12.9. The molecule has 25 heavy (non-hydrogen) atoms. The number of ether oxygens (including phenoxy) is 2. The molecule has 5 nitrogen and oxygen atoms in total. The van der Waals surface area contributed by atoms with E-state index in [1.54, 1.807) is 0 Å². The van der Waals surface area contributed by atoms with Gasteiger partial charge in [-0.2, -0.15) is 0 Å². The SMILES string of the molecule is CC(=O)O[C@@H](CO)COC(=O)[C@H]1C(C)=CC[C@@H]2C(C)(C)CCC[C@]12C. The Labute approximate surface area is 150 Å². The van der Waals surface area contributed by atoms with Crippen LogP contribution in [0.1, 0.15) is 60.3 Å². The molecule has 0 aromatic carbocycles. The van der Waals surface area contributed by atoms with Gasteiger partial charge in [-0.1, -0.05) is 38.8 Å². The highest BCUT2D eigenvalue weighted by atomic mass is 16.6. The van der Waals surface area contributed by atoms with Crippen LogP contribution in [0.15, 0.2) is 11.6 Å². The fourth-order valence-corrected chi connectivity index (χ4v) is 5.11. The van der Waals surface area contributed by atoms with Crippen molar-refractivity contribution >= 4 is 11.9 Å². The fraction of sp³-hybridized carbons (Fsp3) is 0.800. The van der Waals surface area contributed by atoms with Crippen molar-refractivity contribution in [2.24, 2.45) is 22.7 Å². The highest BCUT2D eigenvalue weighted by Crippen LogP contribution is 2.59. The molecule has 0 amide bonds. The first-order valence-corrected chi connectivity index (χ1v) is 9.23. The molecule has 0 saturated heterocycles. The first-order chi connectivity index (χ1) is 11.6. The molecule has 1 saturated carbocycles. The number of carbonyl (C=O) groups is 2. The normalized spacial score (nSPS) is 32.2. The molecule has 1 N–H and O–H groups in total. The zero-order chi connectivity index (χ0) is 18.8. The number of aliphatic hydroxyl groups excluding tert-OH is 1. The van der Waals surface area contributed by atoms with Crippen LogP contribution in [0.25, 0.3) is 0 Å². The Bertz CT molecular complexity index is 550. The van der Waals surface area contributed by atoms with Crippen LogP contribution in [0.5, 0.6) is 0 Å². The molecular formula is C20H32O5. The Balaban J connectivity index is 2.15. The predicted octanol–water partition coefficient (Wildman–Crippen LogP) is 3.25. The van der Waals surface area contributed by atoms with Gasteiger partial charge in [0.25, 0.3) is 0 Å². The van der Waals surface area contributed by atoms with Gasteiger partial charge in [-0.25, -0.2) is 0 Å². The maximum Gasteiger partial charge on any atom is 0.313 e. The fourth-order valence-electron chi connectivity index (χ4n) is 5.11. The van der Waals surface area contributed by atoms with Crippen LogP contribution in [0.3, 0.4) is 0 Å². The summed E-state index contributed by atoms with van der Waals surface area (Å²) < 4.78 is 10.4. The lowest BCUT2D eigenvalue weighted by molar-refractivity contribution is -0.167. The Morgan fingerprint density at radius 1 is 1.32 bits per heavy atom. The van der Waals surface area contributed by atoms with Gasteiger partial charge < -0.3 is 14.6 Å². The highest BCUT2D eigenvalue weighted by molar-refractivity contribution is 5.77. The van der Waals surface area contributed by atoms with E-state index >= 15 is 0 Å². The number of fused-ring (bicyclic) bond motifs is 1. The third-order valence-corrected chi connectivity index (χ3v) is 6.25. The van der Waals surface area contributed by atoms with Crippen LogP contribution in [-0.4, -0.2) is 36.4 Å². The zero-order valence-corrected chi connectivity index (χ0v) is 16.1. The number of hydrogen-bond donors (Lipinski definition) is 1. The van der Waals surface area contributed by atoms with Gasteiger partial charge in [0, 0.05) is 6.92 Å². The van der Waals surface area contributed by atoms with Crippen LogP contribution in [-0.2, 0) is 19.1 Å². The lowest BCUT2D eigenvalue weighted by atomic mass is 9.49. The van der Waals surface area contributed by atoms with Gasteiger partial charge >= 0.3 is 11.9 Å². The van der Waals surface area contributed by atoms with E-state index in [1.807, 2.05) is 6.92 Å². The van der Waals surface area contributed by atoms with E-state index in [0.717, 1.165) is 24.8 Å². The second-order valence-electron chi connectivity index (χ2n) is 8.56. The molecule has 2 aliphatic rings. The number of allylic oxidation sites excluding steroid dienone is 1. The van der Waals surface area contributed by atoms with Gasteiger partial charge in [0.15, 0.2) is 6.10 Å². The smallest absolute Gasteiger partial charge is 0.313 e. The number of rotatable bonds is 5. The molecule has 0 radical (unpaired) electrons. The average Bonchev–Trinajstić information content (AvgIpc) is 2.49. The van der Waals surface area contributed by atoms with E-state index in [9.17, 15) is 14.7 Å². The van der Waals surface area contributed by atoms with Crippen molar-refractivity contribution in [1.82, 2.24) is 0 Å². The van der Waals surface area contributed by atoms with Crippen molar-refractivity contribution in [2.75, 3.05) is 13.2 Å². The Morgan fingerprint density at radius 2 is 2.00 bits per heavy atom. The van der Waals surface area contributed by atoms with E-state index in [2.05, 4.69) is 26.8 Å². The number of esters is 2. The number of aliphatic hydroxyl groups is 1. The largest absolute Gasteiger partial charge is 0.461 e. The molecule has 0 bridgehead atoms. The van der Waals surface area contributed by atoms with Gasteiger partial charge in [-0.05, 0) is 42.9 Å². The summed E-state index contributed by atoms with van der Waals surface area (Å²) in [6.07, 6.45) is 5.69. The van der Waals surface area contributed by atoms with E-state index in [4.69, 9.17) is 9.47 Å². The molecule has 142 valence electrons. The summed E-state index contributed by atoms with van der Waals surface area (Å²) in [5.41, 5.74) is 1.15. The van der Waals surface area contributed by atoms with E-state index in [-0.39, 0.29) is 35.9 Å². The Kier molecular flexibility index (Phi) is 5.97. The minimum Gasteiger partial charge on any atom is -0.461 e. The van der Waals surface area contributed by atoms with Crippen molar-refractivity contribution in [3.05, 3.63) is 11.6 Å². The molecule has 2 rings (SSSR count). The quantitative estimate of drug-likeness (QED) is 0.607. The predicted molar refractivity (Wildman–Crippen MR) is 94.7 cm³/mol. The van der Waals surface area contributed by atoms with Crippen molar-refractivity contribution in [1.29, 1.82) is 0 Å². The molecule has 0 heterocycles. The van der Waals surface area contributed by atoms with Crippen molar-refractivity contribution in [3.63, 3.8) is 0 Å². The second kappa shape index (κ2) is 7.48. The second-order valence-corrected chi connectivity index (χ2v) is 8.56. The molecule has 0 unspecified atom stereocenters. The van der Waals surface area contributed by atoms with E-state index < -0.39 is 12.1 Å². The highest BCUT2D eigenvalue weighted by Gasteiger charge is 2.54. The van der Waals surface area contributed by atoms with Crippen LogP contribution < -0.4 is 0 Å². The first-order valence-electron chi connectivity index (χ1n) is 9.23. The third kappa shape index (κ3) is 4.08. The molecule has 4 atom stereocenters. The first kappa shape index (κ1) is 20.0. The molecule has 0 spiro atoms. The third-order valence-electron chi connectivity index (χ3n) is 6.25. The molecular weight excluding hydrogens is 320 g/mol. The summed E-state index contributed by atoms with van der Waals surface area (Å²) in [5.74, 6) is -0.603. The molecule has 5 heteroatoms. The van der Waals surface area contributed by atoms with Crippen LogP contribution in [0.2, 0.25) is 0 Å². The summed E-state index contributed by atoms with van der Waals surface area (Å²) in [5, 5.41) is 9.28. The zero-order valence-electron chi connectivity index (χ0n) is 16.1. The average molecular weight is 352 g/mol. The lowest BCUT2D eigenvalue weighted by Crippen LogP contribution is -2.51. The van der Waals surface area contributed by atoms with E-state index in [1.165, 1.54) is 13.3 Å². The monoisotopic (exact) mass is 352 g/mol. The van der Waals surface area contributed by atoms with Gasteiger partial charge in [-0.15, -0.1) is 0 Å². The van der Waals surface area contributed by atoms with E-state index in [0.29, 0.717) is 5.92 Å². The summed E-state index contributed by atoms with van der Waals surface area (Å²) in [7, 11) is 0. The standard InChI is InChI=1S/C20H32O5/c1-13-7-8-16-19(3,4)9-6-10-20(16,5)17(13)18(23)24-12-15(11-21)25-14(2)22/h7,15-17,21H,6,8-12H2,1-5H3/t15-,16+,17+,20-/m0/s1. The van der Waals surface area contributed by atoms with Gasteiger partial charge in [-0.3, -0.25) is 9.59 Å². The van der Waals surface area contributed by atoms with Crippen LogP contribution in [0.4, 0.5) is 0 Å². The van der Waals surface area contributed by atoms with Crippen LogP contribution >= 0.6 is 0 Å².